The molecule has 0 spiro atoms. The Hall–Kier alpha value is -0.890. The van der Waals surface area contributed by atoms with Crippen LogP contribution in [0.1, 0.15) is 65.2 Å². The first-order valence-corrected chi connectivity index (χ1v) is 9.86. The third-order valence-corrected chi connectivity index (χ3v) is 8.46. The van der Waals surface area contributed by atoms with E-state index in [1.54, 1.807) is 0 Å². The van der Waals surface area contributed by atoms with Crippen LogP contribution in [0.2, 0.25) is 0 Å². The summed E-state index contributed by atoms with van der Waals surface area (Å²) in [4.78, 5) is 23.1. The number of carbonyl (C=O) groups is 2. The van der Waals surface area contributed by atoms with Crippen LogP contribution >= 0.6 is 11.6 Å². The van der Waals surface area contributed by atoms with Crippen LogP contribution in [0.5, 0.6) is 0 Å². The summed E-state index contributed by atoms with van der Waals surface area (Å²) in [6, 6.07) is 0. The molecule has 0 amide bonds. The Labute approximate surface area is 149 Å². The van der Waals surface area contributed by atoms with Gasteiger partial charge >= 0.3 is 0 Å². The van der Waals surface area contributed by atoms with Crippen molar-refractivity contribution in [2.24, 2.45) is 28.6 Å². The second-order valence-corrected chi connectivity index (χ2v) is 9.32. The first-order chi connectivity index (χ1) is 11.4. The molecule has 24 heavy (non-hydrogen) atoms. The van der Waals surface area contributed by atoms with Crippen LogP contribution in [-0.4, -0.2) is 12.1 Å². The lowest BCUT2D eigenvalue weighted by atomic mass is 9.47. The highest BCUT2D eigenvalue weighted by molar-refractivity contribution is 6.39. The van der Waals surface area contributed by atoms with E-state index in [1.165, 1.54) is 30.4 Å². The fourth-order valence-corrected chi connectivity index (χ4v) is 7.15. The van der Waals surface area contributed by atoms with Gasteiger partial charge in [0.15, 0.2) is 12.1 Å². The van der Waals surface area contributed by atoms with Crippen molar-refractivity contribution in [2.45, 2.75) is 65.2 Å². The molecule has 0 saturated heterocycles. The lowest BCUT2D eigenvalue weighted by molar-refractivity contribution is -0.117. The Bertz CT molecular complexity index is 661. The number of hydrogen-bond acceptors (Lipinski definition) is 2. The van der Waals surface area contributed by atoms with Gasteiger partial charge in [-0.1, -0.05) is 31.0 Å². The van der Waals surface area contributed by atoms with Crippen molar-refractivity contribution in [3.05, 3.63) is 22.3 Å². The minimum absolute atomic E-state index is 0.112. The Kier molecular flexibility index (Phi) is 3.84. The van der Waals surface area contributed by atoms with Crippen LogP contribution in [0.4, 0.5) is 0 Å². The molecule has 4 aliphatic carbocycles. The van der Waals surface area contributed by atoms with E-state index in [1.807, 2.05) is 6.08 Å². The molecular formula is C21H27ClO2. The van der Waals surface area contributed by atoms with Gasteiger partial charge in [-0.25, -0.2) is 0 Å². The number of aldehydes is 1. The second kappa shape index (κ2) is 5.56. The normalized spacial score (nSPS) is 46.5. The number of fused-ring (bicyclic) bond motifs is 5. The van der Waals surface area contributed by atoms with Gasteiger partial charge in [-0.3, -0.25) is 9.59 Å². The quantitative estimate of drug-likeness (QED) is 0.482. The van der Waals surface area contributed by atoms with Gasteiger partial charge in [-0.2, -0.15) is 0 Å². The third-order valence-electron chi connectivity index (χ3n) is 8.14. The summed E-state index contributed by atoms with van der Waals surface area (Å²) < 4.78 is 0. The Morgan fingerprint density at radius 3 is 2.58 bits per heavy atom. The minimum atomic E-state index is 0.112. The lowest BCUT2D eigenvalue weighted by Crippen LogP contribution is -2.49. The number of halogens is 1. The number of hydrogen-bond donors (Lipinski definition) is 0. The molecule has 4 rings (SSSR count). The molecule has 0 aliphatic heterocycles. The van der Waals surface area contributed by atoms with E-state index in [0.29, 0.717) is 35.0 Å². The van der Waals surface area contributed by atoms with E-state index in [9.17, 15) is 9.59 Å². The van der Waals surface area contributed by atoms with Crippen molar-refractivity contribution in [3.63, 3.8) is 0 Å². The molecule has 4 aliphatic rings. The predicted molar refractivity (Wildman–Crippen MR) is 95.7 cm³/mol. The van der Waals surface area contributed by atoms with Gasteiger partial charge in [0.1, 0.15) is 0 Å². The fourth-order valence-electron chi connectivity index (χ4n) is 6.84. The molecule has 3 heteroatoms. The number of ketones is 1. The van der Waals surface area contributed by atoms with Gasteiger partial charge in [-0.15, -0.1) is 0 Å². The average molecular weight is 347 g/mol. The smallest absolute Gasteiger partial charge is 0.161 e. The first-order valence-electron chi connectivity index (χ1n) is 9.48. The van der Waals surface area contributed by atoms with Crippen molar-refractivity contribution in [2.75, 3.05) is 0 Å². The molecule has 0 unspecified atom stereocenters. The van der Waals surface area contributed by atoms with Gasteiger partial charge in [0, 0.05) is 6.42 Å². The zero-order valence-electron chi connectivity index (χ0n) is 14.7. The van der Waals surface area contributed by atoms with Crippen molar-refractivity contribution in [3.8, 4) is 0 Å². The third kappa shape index (κ3) is 2.14. The highest BCUT2D eigenvalue weighted by atomic mass is 35.5. The maximum Gasteiger partial charge on any atom is 0.161 e. The summed E-state index contributed by atoms with van der Waals surface area (Å²) in [6.07, 6.45) is 11.3. The van der Waals surface area contributed by atoms with Gasteiger partial charge in [0.05, 0.1) is 5.03 Å². The molecule has 3 saturated carbocycles. The van der Waals surface area contributed by atoms with Gasteiger partial charge in [0.2, 0.25) is 0 Å². The van der Waals surface area contributed by atoms with Crippen LogP contribution in [0.3, 0.4) is 0 Å². The largest absolute Gasteiger partial charge is 0.297 e. The van der Waals surface area contributed by atoms with Crippen LogP contribution in [0.25, 0.3) is 0 Å². The van der Waals surface area contributed by atoms with Crippen molar-refractivity contribution in [1.82, 2.24) is 0 Å². The maximum absolute atomic E-state index is 11.9. The molecule has 2 nitrogen and oxygen atoms in total. The summed E-state index contributed by atoms with van der Waals surface area (Å²) in [6.45, 7) is 4.76. The highest BCUT2D eigenvalue weighted by Crippen LogP contribution is 2.66. The van der Waals surface area contributed by atoms with Crippen LogP contribution in [0.15, 0.2) is 22.3 Å². The number of carbonyl (C=O) groups excluding carboxylic acids is 2. The summed E-state index contributed by atoms with van der Waals surface area (Å²) in [5, 5.41) is 0.462. The van der Waals surface area contributed by atoms with Crippen molar-refractivity contribution < 1.29 is 9.59 Å². The van der Waals surface area contributed by atoms with Gasteiger partial charge < -0.3 is 0 Å². The zero-order valence-corrected chi connectivity index (χ0v) is 15.5. The predicted octanol–water partition coefficient (Wildman–Crippen LogP) is 5.21. The van der Waals surface area contributed by atoms with E-state index in [0.717, 1.165) is 32.0 Å². The van der Waals surface area contributed by atoms with E-state index in [2.05, 4.69) is 13.8 Å². The standard InChI is InChI=1S/C21H27ClO2/c1-20-9-7-14(24)11-13(20)3-4-15-16-5-6-18(19(22)12-23)21(16,2)10-8-17(15)20/h11-12,15-17H,3-10H2,1-2H3/t15-,16-,17-,20-,21-/m0/s1. The Morgan fingerprint density at radius 2 is 1.83 bits per heavy atom. The van der Waals surface area contributed by atoms with E-state index >= 15 is 0 Å². The Morgan fingerprint density at radius 1 is 1.08 bits per heavy atom. The zero-order chi connectivity index (χ0) is 17.1. The molecular weight excluding hydrogens is 320 g/mol. The molecule has 0 heterocycles. The number of rotatable bonds is 1. The topological polar surface area (TPSA) is 34.1 Å². The van der Waals surface area contributed by atoms with E-state index in [-0.39, 0.29) is 10.8 Å². The van der Waals surface area contributed by atoms with Crippen molar-refractivity contribution >= 4 is 23.7 Å². The van der Waals surface area contributed by atoms with Gasteiger partial charge in [-0.05, 0) is 85.2 Å². The summed E-state index contributed by atoms with van der Waals surface area (Å²) in [7, 11) is 0. The molecule has 5 atom stereocenters. The molecule has 0 radical (unpaired) electrons. The molecule has 130 valence electrons. The van der Waals surface area contributed by atoms with Crippen LogP contribution < -0.4 is 0 Å². The van der Waals surface area contributed by atoms with Crippen molar-refractivity contribution in [1.29, 1.82) is 0 Å². The van der Waals surface area contributed by atoms with E-state index in [4.69, 9.17) is 11.6 Å². The monoisotopic (exact) mass is 346 g/mol. The fraction of sp³-hybridized carbons (Fsp3) is 0.714. The van der Waals surface area contributed by atoms with Crippen LogP contribution in [0, 0.1) is 28.6 Å². The molecule has 0 aromatic rings. The molecule has 0 aromatic carbocycles. The minimum Gasteiger partial charge on any atom is -0.297 e. The van der Waals surface area contributed by atoms with Gasteiger partial charge in [0.25, 0.3) is 0 Å². The first kappa shape index (κ1) is 16.6. The molecule has 3 fully saturated rings. The summed E-state index contributed by atoms with van der Waals surface area (Å²) >= 11 is 6.28. The van der Waals surface area contributed by atoms with Crippen LogP contribution in [-0.2, 0) is 9.59 Å². The Balaban J connectivity index is 1.70. The second-order valence-electron chi connectivity index (χ2n) is 8.91. The lowest BCUT2D eigenvalue weighted by Gasteiger charge is -2.57. The maximum atomic E-state index is 11.9. The summed E-state index contributed by atoms with van der Waals surface area (Å²) in [5.74, 6) is 2.38. The molecule has 0 aromatic heterocycles. The van der Waals surface area contributed by atoms with E-state index < -0.39 is 0 Å². The summed E-state index contributed by atoms with van der Waals surface area (Å²) in [5.41, 5.74) is 2.97. The molecule has 0 bridgehead atoms. The average Bonchev–Trinajstić information content (AvgIpc) is 2.92. The highest BCUT2D eigenvalue weighted by Gasteiger charge is 2.57. The number of allylic oxidation sites excluding steroid dienone is 3. The SMILES string of the molecule is C[C@]12CCC(=O)C=C1CC[C@@H]1[C@@H]2CC[C@]2(C)C(=C(Cl)C=O)CC[C@@H]12. The molecule has 0 N–H and O–H groups in total.